The van der Waals surface area contributed by atoms with E-state index < -0.39 is 17.7 Å². The normalized spacial score (nSPS) is 23.0. The molecule has 0 spiro atoms. The summed E-state index contributed by atoms with van der Waals surface area (Å²) in [6, 6.07) is 18.1. The lowest BCUT2D eigenvalue weighted by Gasteiger charge is -2.45. The van der Waals surface area contributed by atoms with E-state index in [-0.39, 0.29) is 11.3 Å². The minimum Gasteiger partial charge on any atom is -0.465 e. The fraction of sp³-hybridized carbons (Fsp3) is 0.192. The van der Waals surface area contributed by atoms with Crippen LogP contribution in [0.1, 0.15) is 31.2 Å². The number of benzene rings is 2. The zero-order valence-electron chi connectivity index (χ0n) is 18.3. The highest BCUT2D eigenvalue weighted by Gasteiger charge is 2.53. The van der Waals surface area contributed by atoms with E-state index in [4.69, 9.17) is 25.7 Å². The third kappa shape index (κ3) is 3.19. The van der Waals surface area contributed by atoms with Crippen LogP contribution in [0.3, 0.4) is 0 Å². The van der Waals surface area contributed by atoms with E-state index in [1.807, 2.05) is 61.5 Å². The molecule has 34 heavy (non-hydrogen) atoms. The number of aromatic nitrogens is 1. The zero-order chi connectivity index (χ0) is 23.6. The van der Waals surface area contributed by atoms with Gasteiger partial charge in [0.25, 0.3) is 5.56 Å². The molecule has 6 rings (SSSR count). The second kappa shape index (κ2) is 7.55. The standard InChI is InChI=1S/C26H19ClN2O4S/c1-14(30)22-23-18-8-3-4-9-20(18)33-26(22,2)28-25-29(23)24(31)21(34-25)13-17-10-11-19(32-17)15-6-5-7-16(27)12-15/h3-13,22-23H,1-2H3/t22-,23+,26+/m0/s1. The Kier molecular flexibility index (Phi) is 4.69. The number of para-hydroxylation sites is 1. The van der Waals surface area contributed by atoms with Crippen molar-refractivity contribution >= 4 is 34.8 Å². The fourth-order valence-electron chi connectivity index (χ4n) is 4.91. The topological polar surface area (TPSA) is 73.8 Å². The molecule has 0 unspecified atom stereocenters. The van der Waals surface area contributed by atoms with Gasteiger partial charge in [-0.25, -0.2) is 4.99 Å². The first kappa shape index (κ1) is 21.1. The van der Waals surface area contributed by atoms with Crippen molar-refractivity contribution in [2.45, 2.75) is 25.6 Å². The Bertz CT molecular complexity index is 1650. The average molecular weight is 491 g/mol. The first-order chi connectivity index (χ1) is 16.3. The lowest BCUT2D eigenvalue weighted by molar-refractivity contribution is -0.132. The highest BCUT2D eigenvalue weighted by molar-refractivity contribution is 7.07. The number of carbonyl (C=O) groups is 1. The second-order valence-electron chi connectivity index (χ2n) is 8.62. The summed E-state index contributed by atoms with van der Waals surface area (Å²) in [5.74, 6) is 1.16. The first-order valence-electron chi connectivity index (χ1n) is 10.8. The van der Waals surface area contributed by atoms with Crippen molar-refractivity contribution < 1.29 is 13.9 Å². The van der Waals surface area contributed by atoms with Gasteiger partial charge in [-0.05, 0) is 44.2 Å². The number of ketones is 1. The van der Waals surface area contributed by atoms with Gasteiger partial charge in [0.1, 0.15) is 29.0 Å². The van der Waals surface area contributed by atoms with E-state index in [9.17, 15) is 9.59 Å². The number of fused-ring (bicyclic) bond motifs is 6. The lowest BCUT2D eigenvalue weighted by Crippen LogP contribution is -2.58. The number of Topliss-reactive ketones (excluding diaryl/α,β-unsaturated/α-hetero) is 1. The Labute approximate surface area is 203 Å². The van der Waals surface area contributed by atoms with Gasteiger partial charge in [0, 0.05) is 22.2 Å². The van der Waals surface area contributed by atoms with Gasteiger partial charge < -0.3 is 9.15 Å². The summed E-state index contributed by atoms with van der Waals surface area (Å²) in [4.78, 5) is 31.6. The number of thiazole rings is 1. The van der Waals surface area contributed by atoms with E-state index in [1.165, 1.54) is 18.3 Å². The van der Waals surface area contributed by atoms with Crippen molar-refractivity contribution in [1.82, 2.24) is 4.57 Å². The smallest absolute Gasteiger partial charge is 0.271 e. The van der Waals surface area contributed by atoms with Gasteiger partial charge in [-0.1, -0.05) is 53.3 Å². The highest BCUT2D eigenvalue weighted by Crippen LogP contribution is 2.47. The van der Waals surface area contributed by atoms with Crippen LogP contribution in [0.2, 0.25) is 5.02 Å². The largest absolute Gasteiger partial charge is 0.465 e. The number of hydrogen-bond acceptors (Lipinski definition) is 6. The maximum absolute atomic E-state index is 13.6. The Balaban J connectivity index is 1.52. The third-order valence-electron chi connectivity index (χ3n) is 6.33. The average Bonchev–Trinajstić information content (AvgIpc) is 3.37. The lowest BCUT2D eigenvalue weighted by atomic mass is 9.79. The van der Waals surface area contributed by atoms with Crippen LogP contribution in [0.4, 0.5) is 0 Å². The molecule has 0 saturated heterocycles. The molecule has 6 nitrogen and oxygen atoms in total. The molecule has 0 aliphatic carbocycles. The summed E-state index contributed by atoms with van der Waals surface area (Å²) in [7, 11) is 0. The van der Waals surface area contributed by atoms with E-state index in [2.05, 4.69) is 0 Å². The zero-order valence-corrected chi connectivity index (χ0v) is 19.9. The van der Waals surface area contributed by atoms with Crippen LogP contribution in [0.15, 0.2) is 74.9 Å². The van der Waals surface area contributed by atoms with Crippen LogP contribution in [-0.4, -0.2) is 16.1 Å². The van der Waals surface area contributed by atoms with Gasteiger partial charge in [0.15, 0.2) is 4.80 Å². The van der Waals surface area contributed by atoms with Crippen LogP contribution < -0.4 is 19.6 Å². The molecule has 2 aliphatic rings. The minimum absolute atomic E-state index is 0.0720. The molecule has 4 aromatic rings. The van der Waals surface area contributed by atoms with E-state index in [1.54, 1.807) is 16.7 Å². The molecule has 2 aliphatic heterocycles. The minimum atomic E-state index is -1.08. The maximum atomic E-state index is 13.6. The SMILES string of the molecule is CC(=O)[C@H]1[C@H]2c3ccccc3O[C@@]1(C)N=c1sc(=Cc3ccc(-c4cccc(Cl)c4)o3)c(=O)n12. The van der Waals surface area contributed by atoms with Crippen LogP contribution in [-0.2, 0) is 4.79 Å². The van der Waals surface area contributed by atoms with Crippen molar-refractivity contribution in [3.8, 4) is 17.1 Å². The Hall–Kier alpha value is -3.42. The highest BCUT2D eigenvalue weighted by atomic mass is 35.5. The molecule has 0 radical (unpaired) electrons. The molecule has 170 valence electrons. The molecule has 0 amide bonds. The number of rotatable bonds is 3. The number of carbonyl (C=O) groups excluding carboxylic acids is 1. The Morgan fingerprint density at radius 2 is 2.00 bits per heavy atom. The van der Waals surface area contributed by atoms with Crippen LogP contribution >= 0.6 is 22.9 Å². The van der Waals surface area contributed by atoms with Gasteiger partial charge in [-0.15, -0.1) is 0 Å². The van der Waals surface area contributed by atoms with Crippen LogP contribution in [0.25, 0.3) is 17.4 Å². The van der Waals surface area contributed by atoms with Gasteiger partial charge in [-0.3, -0.25) is 14.2 Å². The summed E-state index contributed by atoms with van der Waals surface area (Å²) in [5.41, 5.74) is 0.372. The fourth-order valence-corrected chi connectivity index (χ4v) is 6.18. The number of halogens is 1. The Morgan fingerprint density at radius 3 is 2.79 bits per heavy atom. The molecule has 0 fully saturated rings. The predicted octanol–water partition coefficient (Wildman–Crippen LogP) is 4.19. The first-order valence-corrected chi connectivity index (χ1v) is 12.0. The van der Waals surface area contributed by atoms with E-state index >= 15 is 0 Å². The summed E-state index contributed by atoms with van der Waals surface area (Å²) >= 11 is 7.36. The molecule has 0 N–H and O–H groups in total. The number of ether oxygens (including phenoxy) is 1. The van der Waals surface area contributed by atoms with E-state index in [0.717, 1.165) is 11.1 Å². The number of hydrogen-bond donors (Lipinski definition) is 0. The summed E-state index contributed by atoms with van der Waals surface area (Å²) in [6.45, 7) is 3.33. The Morgan fingerprint density at radius 1 is 1.18 bits per heavy atom. The molecular formula is C26H19ClN2O4S. The van der Waals surface area contributed by atoms with Crippen molar-refractivity contribution in [2.24, 2.45) is 10.9 Å². The molecule has 4 heterocycles. The van der Waals surface area contributed by atoms with Crippen LogP contribution in [0.5, 0.6) is 5.75 Å². The quantitative estimate of drug-likeness (QED) is 0.431. The molecule has 8 heteroatoms. The maximum Gasteiger partial charge on any atom is 0.271 e. The van der Waals surface area contributed by atoms with E-state index in [0.29, 0.717) is 31.6 Å². The van der Waals surface area contributed by atoms with Crippen molar-refractivity contribution in [2.75, 3.05) is 0 Å². The summed E-state index contributed by atoms with van der Waals surface area (Å²) < 4.78 is 14.3. The van der Waals surface area contributed by atoms with Crippen LogP contribution in [0, 0.1) is 5.92 Å². The third-order valence-corrected chi connectivity index (χ3v) is 7.55. The van der Waals surface area contributed by atoms with Gasteiger partial charge >= 0.3 is 0 Å². The summed E-state index contributed by atoms with van der Waals surface area (Å²) in [5, 5.41) is 0.618. The number of furan rings is 1. The van der Waals surface area contributed by atoms with Crippen molar-refractivity contribution in [3.05, 3.63) is 96.7 Å². The molecule has 2 aromatic heterocycles. The summed E-state index contributed by atoms with van der Waals surface area (Å²) in [6.07, 6.45) is 1.71. The molecular weight excluding hydrogens is 472 g/mol. The van der Waals surface area contributed by atoms with Gasteiger partial charge in [0.2, 0.25) is 5.72 Å². The molecule has 0 saturated carbocycles. The van der Waals surface area contributed by atoms with Crippen molar-refractivity contribution in [3.63, 3.8) is 0 Å². The monoisotopic (exact) mass is 490 g/mol. The number of nitrogens with zero attached hydrogens (tertiary/aromatic N) is 2. The van der Waals surface area contributed by atoms with Crippen molar-refractivity contribution in [1.29, 1.82) is 0 Å². The van der Waals surface area contributed by atoms with Gasteiger partial charge in [-0.2, -0.15) is 0 Å². The predicted molar refractivity (Wildman–Crippen MR) is 130 cm³/mol. The molecule has 3 atom stereocenters. The molecule has 2 aromatic carbocycles. The second-order valence-corrected chi connectivity index (χ2v) is 10.1. The van der Waals surface area contributed by atoms with Gasteiger partial charge in [0.05, 0.1) is 10.6 Å². The molecule has 2 bridgehead atoms.